The van der Waals surface area contributed by atoms with Crippen LogP contribution in [-0.2, 0) is 0 Å². The first kappa shape index (κ1) is 12.5. The molecule has 0 atom stereocenters. The zero-order chi connectivity index (χ0) is 11.3. The molecule has 0 aliphatic carbocycles. The summed E-state index contributed by atoms with van der Waals surface area (Å²) < 4.78 is 1.05. The van der Waals surface area contributed by atoms with Crippen LogP contribution in [0.15, 0.2) is 28.7 Å². The molecule has 15 heavy (non-hydrogen) atoms. The average Bonchev–Trinajstić information content (AvgIpc) is 2.26. The molecule has 0 amide bonds. The summed E-state index contributed by atoms with van der Waals surface area (Å²) in [5.41, 5.74) is 0.437. The van der Waals surface area contributed by atoms with Gasteiger partial charge in [-0.1, -0.05) is 35.8 Å². The van der Waals surface area contributed by atoms with Gasteiger partial charge in [-0.25, -0.2) is 0 Å². The van der Waals surface area contributed by atoms with E-state index in [0.29, 0.717) is 6.54 Å². The fraction of sp³-hybridized carbons (Fsp3) is 0.500. The molecule has 1 aromatic carbocycles. The highest BCUT2D eigenvalue weighted by Crippen LogP contribution is 2.19. The van der Waals surface area contributed by atoms with Gasteiger partial charge in [0.15, 0.2) is 0 Å². The minimum Gasteiger partial charge on any atom is -0.388 e. The lowest BCUT2D eigenvalue weighted by Crippen LogP contribution is -2.35. The van der Waals surface area contributed by atoms with Gasteiger partial charge in [-0.05, 0) is 31.0 Å². The third kappa shape index (κ3) is 3.84. The summed E-state index contributed by atoms with van der Waals surface area (Å²) in [4.78, 5) is 0. The maximum Gasteiger partial charge on any atom is 0.0814 e. The minimum absolute atomic E-state index is 0.594. The van der Waals surface area contributed by atoms with Crippen LogP contribution in [-0.4, -0.2) is 17.3 Å². The van der Waals surface area contributed by atoms with Crippen LogP contribution in [0.4, 0.5) is 5.69 Å². The lowest BCUT2D eigenvalue weighted by atomic mass is 9.97. The Hall–Kier alpha value is -0.540. The van der Waals surface area contributed by atoms with Crippen molar-refractivity contribution in [1.29, 1.82) is 0 Å². The summed E-state index contributed by atoms with van der Waals surface area (Å²) in [6.45, 7) is 4.61. The first-order valence-electron chi connectivity index (χ1n) is 5.31. The summed E-state index contributed by atoms with van der Waals surface area (Å²) in [7, 11) is 0. The monoisotopic (exact) mass is 271 g/mol. The molecule has 0 heterocycles. The van der Waals surface area contributed by atoms with Gasteiger partial charge in [-0.15, -0.1) is 0 Å². The maximum atomic E-state index is 10.1. The van der Waals surface area contributed by atoms with E-state index in [4.69, 9.17) is 0 Å². The van der Waals surface area contributed by atoms with Crippen molar-refractivity contribution >= 4 is 21.6 Å². The predicted molar refractivity (Wildman–Crippen MR) is 68.2 cm³/mol. The molecule has 0 fully saturated rings. The summed E-state index contributed by atoms with van der Waals surface area (Å²) >= 11 is 3.41. The minimum atomic E-state index is -0.595. The number of halogens is 1. The standard InChI is InChI=1S/C12H18BrNO/c1-3-12(15,4-2)9-14-11-7-5-6-10(13)8-11/h5-8,14-15H,3-4,9H2,1-2H3. The normalized spacial score (nSPS) is 11.5. The van der Waals surface area contributed by atoms with Crippen LogP contribution in [0.1, 0.15) is 26.7 Å². The van der Waals surface area contributed by atoms with Gasteiger partial charge in [0, 0.05) is 16.7 Å². The Balaban J connectivity index is 2.56. The third-order valence-corrected chi connectivity index (χ3v) is 3.26. The zero-order valence-electron chi connectivity index (χ0n) is 9.26. The third-order valence-electron chi connectivity index (χ3n) is 2.76. The van der Waals surface area contributed by atoms with E-state index in [1.807, 2.05) is 38.1 Å². The van der Waals surface area contributed by atoms with Crippen LogP contribution in [0, 0.1) is 0 Å². The molecular formula is C12H18BrNO. The van der Waals surface area contributed by atoms with Gasteiger partial charge in [0.05, 0.1) is 5.60 Å². The molecule has 0 bridgehead atoms. The number of nitrogens with one attached hydrogen (secondary N) is 1. The number of benzene rings is 1. The molecule has 0 aliphatic heterocycles. The van der Waals surface area contributed by atoms with Crippen molar-refractivity contribution in [3.05, 3.63) is 28.7 Å². The Labute approximate surface area is 99.8 Å². The molecular weight excluding hydrogens is 254 g/mol. The van der Waals surface area contributed by atoms with Crippen LogP contribution in [0.25, 0.3) is 0 Å². The maximum absolute atomic E-state index is 10.1. The number of hydrogen-bond donors (Lipinski definition) is 2. The van der Waals surface area contributed by atoms with Gasteiger partial charge in [-0.3, -0.25) is 0 Å². The Morgan fingerprint density at radius 3 is 2.53 bits per heavy atom. The summed E-state index contributed by atoms with van der Waals surface area (Å²) in [6.07, 6.45) is 1.54. The Bertz CT molecular complexity index is 310. The van der Waals surface area contributed by atoms with E-state index in [9.17, 15) is 5.11 Å². The Morgan fingerprint density at radius 1 is 1.33 bits per heavy atom. The van der Waals surface area contributed by atoms with Crippen molar-refractivity contribution in [2.75, 3.05) is 11.9 Å². The molecule has 0 saturated carbocycles. The molecule has 0 saturated heterocycles. The van der Waals surface area contributed by atoms with E-state index >= 15 is 0 Å². The second kappa shape index (κ2) is 5.52. The summed E-state index contributed by atoms with van der Waals surface area (Å²) in [6, 6.07) is 7.96. The molecule has 0 aliphatic rings. The Kier molecular flexibility index (Phi) is 4.61. The number of anilines is 1. The predicted octanol–water partition coefficient (Wildman–Crippen LogP) is 3.41. The highest BCUT2D eigenvalue weighted by atomic mass is 79.9. The fourth-order valence-corrected chi connectivity index (χ4v) is 1.76. The number of aliphatic hydroxyl groups is 1. The van der Waals surface area contributed by atoms with Crippen LogP contribution in [0.5, 0.6) is 0 Å². The molecule has 1 aromatic rings. The first-order valence-corrected chi connectivity index (χ1v) is 6.11. The molecule has 0 spiro atoms. The van der Waals surface area contributed by atoms with E-state index in [1.54, 1.807) is 0 Å². The van der Waals surface area contributed by atoms with Crippen molar-refractivity contribution < 1.29 is 5.11 Å². The van der Waals surface area contributed by atoms with Crippen molar-refractivity contribution in [2.45, 2.75) is 32.3 Å². The van der Waals surface area contributed by atoms with Gasteiger partial charge in [-0.2, -0.15) is 0 Å². The van der Waals surface area contributed by atoms with Crippen LogP contribution < -0.4 is 5.32 Å². The van der Waals surface area contributed by atoms with E-state index in [2.05, 4.69) is 21.2 Å². The van der Waals surface area contributed by atoms with Crippen LogP contribution >= 0.6 is 15.9 Å². The van der Waals surface area contributed by atoms with Crippen LogP contribution in [0.3, 0.4) is 0 Å². The van der Waals surface area contributed by atoms with E-state index in [-0.39, 0.29) is 0 Å². The summed E-state index contributed by atoms with van der Waals surface area (Å²) in [5.74, 6) is 0. The molecule has 2 N–H and O–H groups in total. The fourth-order valence-electron chi connectivity index (χ4n) is 1.37. The Morgan fingerprint density at radius 2 is 2.00 bits per heavy atom. The van der Waals surface area contributed by atoms with Gasteiger partial charge in [0.2, 0.25) is 0 Å². The lowest BCUT2D eigenvalue weighted by molar-refractivity contribution is 0.0457. The molecule has 3 heteroatoms. The van der Waals surface area contributed by atoms with Gasteiger partial charge in [0.25, 0.3) is 0 Å². The van der Waals surface area contributed by atoms with Gasteiger partial charge in [0.1, 0.15) is 0 Å². The molecule has 2 nitrogen and oxygen atoms in total. The topological polar surface area (TPSA) is 32.3 Å². The average molecular weight is 272 g/mol. The number of rotatable bonds is 5. The largest absolute Gasteiger partial charge is 0.388 e. The van der Waals surface area contributed by atoms with Crippen LogP contribution in [0.2, 0.25) is 0 Å². The highest BCUT2D eigenvalue weighted by Gasteiger charge is 2.21. The van der Waals surface area contributed by atoms with Crippen molar-refractivity contribution in [3.8, 4) is 0 Å². The first-order chi connectivity index (χ1) is 7.09. The SMILES string of the molecule is CCC(O)(CC)CNc1cccc(Br)c1. The van der Waals surface area contributed by atoms with Gasteiger partial charge >= 0.3 is 0 Å². The van der Waals surface area contributed by atoms with Crippen molar-refractivity contribution in [1.82, 2.24) is 0 Å². The molecule has 0 aromatic heterocycles. The van der Waals surface area contributed by atoms with Crippen molar-refractivity contribution in [3.63, 3.8) is 0 Å². The molecule has 1 rings (SSSR count). The van der Waals surface area contributed by atoms with E-state index in [1.165, 1.54) is 0 Å². The van der Waals surface area contributed by atoms with Crippen molar-refractivity contribution in [2.24, 2.45) is 0 Å². The molecule has 0 unspecified atom stereocenters. The second-order valence-corrected chi connectivity index (χ2v) is 4.71. The molecule has 0 radical (unpaired) electrons. The highest BCUT2D eigenvalue weighted by molar-refractivity contribution is 9.10. The quantitative estimate of drug-likeness (QED) is 0.860. The second-order valence-electron chi connectivity index (χ2n) is 3.80. The summed E-state index contributed by atoms with van der Waals surface area (Å²) in [5, 5.41) is 13.3. The van der Waals surface area contributed by atoms with E-state index < -0.39 is 5.60 Å². The zero-order valence-corrected chi connectivity index (χ0v) is 10.8. The van der Waals surface area contributed by atoms with Gasteiger partial charge < -0.3 is 10.4 Å². The lowest BCUT2D eigenvalue weighted by Gasteiger charge is -2.26. The van der Waals surface area contributed by atoms with E-state index in [0.717, 1.165) is 23.0 Å². The number of hydrogen-bond acceptors (Lipinski definition) is 2. The molecule has 84 valence electrons. The smallest absolute Gasteiger partial charge is 0.0814 e.